The number of halogens is 1. The zero-order valence-corrected chi connectivity index (χ0v) is 15.0. The predicted molar refractivity (Wildman–Crippen MR) is 93.3 cm³/mol. The minimum atomic E-state index is 0. The maximum Gasteiger partial charge on any atom is 0.193 e. The lowest BCUT2D eigenvalue weighted by Crippen LogP contribution is -2.40. The molecule has 1 aliphatic heterocycles. The summed E-state index contributed by atoms with van der Waals surface area (Å²) in [5.41, 5.74) is 0. The van der Waals surface area contributed by atoms with E-state index in [4.69, 9.17) is 4.99 Å². The highest BCUT2D eigenvalue weighted by atomic mass is 127. The van der Waals surface area contributed by atoms with Crippen molar-refractivity contribution in [3.63, 3.8) is 0 Å². The Morgan fingerprint density at radius 1 is 1.21 bits per heavy atom. The summed E-state index contributed by atoms with van der Waals surface area (Å²) in [6.07, 6.45) is 5.75. The average Bonchev–Trinajstić information content (AvgIpc) is 2.77. The van der Waals surface area contributed by atoms with Crippen molar-refractivity contribution in [2.24, 2.45) is 22.7 Å². The maximum atomic E-state index is 4.78. The Bertz CT molecular complexity index is 277. The van der Waals surface area contributed by atoms with E-state index in [-0.39, 0.29) is 24.0 Å². The Hall–Kier alpha value is 0. The molecule has 2 fully saturated rings. The van der Waals surface area contributed by atoms with Crippen LogP contribution in [0.5, 0.6) is 0 Å². The van der Waals surface area contributed by atoms with Crippen LogP contribution in [0.25, 0.3) is 0 Å². The third-order valence-corrected chi connectivity index (χ3v) is 4.22. The van der Waals surface area contributed by atoms with Crippen molar-refractivity contribution >= 4 is 29.9 Å². The Labute approximate surface area is 135 Å². The van der Waals surface area contributed by atoms with Crippen molar-refractivity contribution < 1.29 is 0 Å². The van der Waals surface area contributed by atoms with Gasteiger partial charge in [-0.05, 0) is 37.5 Å². The molecule has 1 aliphatic carbocycles. The number of nitrogens with zero attached hydrogens (tertiary/aromatic N) is 2. The molecule has 112 valence electrons. The first kappa shape index (κ1) is 17.1. The number of hydrogen-bond acceptors (Lipinski definition) is 1. The van der Waals surface area contributed by atoms with E-state index >= 15 is 0 Å². The molecule has 2 atom stereocenters. The summed E-state index contributed by atoms with van der Waals surface area (Å²) >= 11 is 0. The number of rotatable bonds is 3. The Kier molecular flexibility index (Phi) is 7.47. The first-order valence-corrected chi connectivity index (χ1v) is 7.74. The number of hydrogen-bond donors (Lipinski definition) is 1. The summed E-state index contributed by atoms with van der Waals surface area (Å²) in [5, 5.41) is 3.47. The molecular weight excluding hydrogens is 349 g/mol. The van der Waals surface area contributed by atoms with Gasteiger partial charge in [0.1, 0.15) is 0 Å². The molecule has 1 heterocycles. The largest absolute Gasteiger partial charge is 0.357 e. The molecule has 1 saturated heterocycles. The lowest BCUT2D eigenvalue weighted by molar-refractivity contribution is 0.299. The van der Waals surface area contributed by atoms with Crippen molar-refractivity contribution in [3.05, 3.63) is 0 Å². The zero-order chi connectivity index (χ0) is 13.0. The minimum absolute atomic E-state index is 0. The van der Waals surface area contributed by atoms with Crippen molar-refractivity contribution in [3.8, 4) is 0 Å². The summed E-state index contributed by atoms with van der Waals surface area (Å²) in [7, 11) is 0. The monoisotopic (exact) mass is 379 g/mol. The van der Waals surface area contributed by atoms with Gasteiger partial charge < -0.3 is 10.2 Å². The normalized spacial score (nSPS) is 27.2. The quantitative estimate of drug-likeness (QED) is 0.463. The topological polar surface area (TPSA) is 27.6 Å². The molecule has 0 bridgehead atoms. The Morgan fingerprint density at radius 2 is 1.79 bits per heavy atom. The van der Waals surface area contributed by atoms with Crippen LogP contribution in [0.2, 0.25) is 0 Å². The van der Waals surface area contributed by atoms with E-state index in [9.17, 15) is 0 Å². The average molecular weight is 379 g/mol. The summed E-state index contributed by atoms with van der Waals surface area (Å²) in [6, 6.07) is 0. The van der Waals surface area contributed by atoms with Crippen LogP contribution < -0.4 is 5.32 Å². The Morgan fingerprint density at radius 3 is 2.26 bits per heavy atom. The Balaban J connectivity index is 0.00000180. The fourth-order valence-electron chi connectivity index (χ4n) is 3.27. The van der Waals surface area contributed by atoms with Gasteiger partial charge in [-0.1, -0.05) is 26.7 Å². The van der Waals surface area contributed by atoms with Gasteiger partial charge in [0.25, 0.3) is 0 Å². The summed E-state index contributed by atoms with van der Waals surface area (Å²) < 4.78 is 0. The molecule has 0 aromatic carbocycles. The molecule has 1 N–H and O–H groups in total. The third kappa shape index (κ3) is 4.80. The van der Waals surface area contributed by atoms with Crippen molar-refractivity contribution in [2.45, 2.75) is 46.5 Å². The first-order valence-electron chi connectivity index (χ1n) is 7.74. The van der Waals surface area contributed by atoms with Crippen LogP contribution in [0.1, 0.15) is 46.5 Å². The van der Waals surface area contributed by atoms with E-state index in [1.807, 2.05) is 0 Å². The van der Waals surface area contributed by atoms with Crippen LogP contribution >= 0.6 is 24.0 Å². The predicted octanol–water partition coefficient (Wildman–Crippen LogP) is 3.35. The maximum absolute atomic E-state index is 4.78. The molecule has 1 saturated carbocycles. The molecule has 0 aromatic rings. The fraction of sp³-hybridized carbons (Fsp3) is 0.933. The van der Waals surface area contributed by atoms with Crippen LogP contribution in [-0.2, 0) is 0 Å². The van der Waals surface area contributed by atoms with Crippen LogP contribution in [0.4, 0.5) is 0 Å². The van der Waals surface area contributed by atoms with Gasteiger partial charge in [0.2, 0.25) is 0 Å². The van der Waals surface area contributed by atoms with Crippen molar-refractivity contribution in [1.29, 1.82) is 0 Å². The SMILES string of the molecule is CCNC(=NCC(C)C)N1CC2CCCCC2C1.I. The van der Waals surface area contributed by atoms with E-state index in [1.54, 1.807) is 0 Å². The number of fused-ring (bicyclic) bond motifs is 1. The first-order chi connectivity index (χ1) is 8.70. The van der Waals surface area contributed by atoms with Crippen molar-refractivity contribution in [1.82, 2.24) is 10.2 Å². The fourth-order valence-corrected chi connectivity index (χ4v) is 3.27. The van der Waals surface area contributed by atoms with Gasteiger partial charge in [0.05, 0.1) is 0 Å². The lowest BCUT2D eigenvalue weighted by atomic mass is 9.82. The molecule has 2 unspecified atom stereocenters. The van der Waals surface area contributed by atoms with E-state index in [1.165, 1.54) is 38.8 Å². The van der Waals surface area contributed by atoms with E-state index < -0.39 is 0 Å². The van der Waals surface area contributed by atoms with Crippen LogP contribution in [0.15, 0.2) is 4.99 Å². The summed E-state index contributed by atoms with van der Waals surface area (Å²) in [6.45, 7) is 11.0. The molecule has 0 radical (unpaired) electrons. The molecule has 3 nitrogen and oxygen atoms in total. The van der Waals surface area contributed by atoms with Gasteiger partial charge in [0, 0.05) is 26.2 Å². The van der Waals surface area contributed by atoms with Crippen LogP contribution in [0.3, 0.4) is 0 Å². The van der Waals surface area contributed by atoms with Crippen LogP contribution in [-0.4, -0.2) is 37.0 Å². The molecule has 0 aromatic heterocycles. The third-order valence-electron chi connectivity index (χ3n) is 4.22. The highest BCUT2D eigenvalue weighted by Crippen LogP contribution is 2.35. The number of likely N-dealkylation sites (tertiary alicyclic amines) is 1. The lowest BCUT2D eigenvalue weighted by Gasteiger charge is -2.22. The minimum Gasteiger partial charge on any atom is -0.357 e. The van der Waals surface area contributed by atoms with Gasteiger partial charge in [-0.15, -0.1) is 24.0 Å². The second kappa shape index (κ2) is 8.32. The number of aliphatic imine (C=N–C) groups is 1. The zero-order valence-electron chi connectivity index (χ0n) is 12.7. The van der Waals surface area contributed by atoms with Gasteiger partial charge in [-0.25, -0.2) is 0 Å². The second-order valence-corrected chi connectivity index (χ2v) is 6.30. The molecule has 2 rings (SSSR count). The van der Waals surface area contributed by atoms with Gasteiger partial charge in [0.15, 0.2) is 5.96 Å². The van der Waals surface area contributed by atoms with E-state index in [0.717, 1.165) is 30.9 Å². The van der Waals surface area contributed by atoms with Crippen LogP contribution in [0, 0.1) is 17.8 Å². The highest BCUT2D eigenvalue weighted by molar-refractivity contribution is 14.0. The van der Waals surface area contributed by atoms with Gasteiger partial charge >= 0.3 is 0 Å². The molecule has 0 spiro atoms. The van der Waals surface area contributed by atoms with Crippen molar-refractivity contribution in [2.75, 3.05) is 26.2 Å². The molecular formula is C15H30IN3. The number of nitrogens with one attached hydrogen (secondary N) is 1. The smallest absolute Gasteiger partial charge is 0.193 e. The molecule has 4 heteroatoms. The van der Waals surface area contributed by atoms with E-state index in [2.05, 4.69) is 31.0 Å². The summed E-state index contributed by atoms with van der Waals surface area (Å²) in [4.78, 5) is 7.29. The molecule has 2 aliphatic rings. The standard InChI is InChI=1S/C15H29N3.HI/c1-4-16-15(17-9-12(2)3)18-10-13-7-5-6-8-14(13)11-18;/h12-14H,4-11H2,1-3H3,(H,16,17);1H. The van der Waals surface area contributed by atoms with Gasteiger partial charge in [-0.3, -0.25) is 4.99 Å². The molecule has 19 heavy (non-hydrogen) atoms. The number of guanidine groups is 1. The highest BCUT2D eigenvalue weighted by Gasteiger charge is 2.35. The second-order valence-electron chi connectivity index (χ2n) is 6.30. The van der Waals surface area contributed by atoms with E-state index in [0.29, 0.717) is 5.92 Å². The summed E-state index contributed by atoms with van der Waals surface area (Å²) in [5.74, 6) is 3.66. The molecule has 0 amide bonds. The van der Waals surface area contributed by atoms with Gasteiger partial charge in [-0.2, -0.15) is 0 Å².